The van der Waals surface area contributed by atoms with E-state index in [2.05, 4.69) is 4.98 Å². The molecule has 0 amide bonds. The molecule has 0 aliphatic carbocycles. The third-order valence-electron chi connectivity index (χ3n) is 2.44. The molecule has 0 radical (unpaired) electrons. The molecule has 16 heavy (non-hydrogen) atoms. The molecule has 4 heteroatoms. The van der Waals surface area contributed by atoms with Crippen molar-refractivity contribution in [2.45, 2.75) is 13.2 Å². The summed E-state index contributed by atoms with van der Waals surface area (Å²) in [7, 11) is 1.64. The Morgan fingerprint density at radius 2 is 2.31 bits per heavy atom. The van der Waals surface area contributed by atoms with E-state index in [-0.39, 0.29) is 6.61 Å². The van der Waals surface area contributed by atoms with E-state index in [1.165, 1.54) is 0 Å². The number of ether oxygens (including phenoxy) is 1. The van der Waals surface area contributed by atoms with Crippen molar-refractivity contribution in [1.29, 1.82) is 0 Å². The van der Waals surface area contributed by atoms with Gasteiger partial charge in [-0.05, 0) is 17.7 Å². The zero-order valence-corrected chi connectivity index (χ0v) is 9.13. The van der Waals surface area contributed by atoms with Gasteiger partial charge in [0.1, 0.15) is 5.75 Å². The average Bonchev–Trinajstić information content (AvgIpc) is 2.82. The quantitative estimate of drug-likeness (QED) is 0.844. The highest BCUT2D eigenvalue weighted by Gasteiger charge is 2.04. The first-order chi connectivity index (χ1) is 7.83. The lowest BCUT2D eigenvalue weighted by Gasteiger charge is -2.10. The van der Waals surface area contributed by atoms with Crippen LogP contribution in [0.25, 0.3) is 0 Å². The molecule has 0 saturated heterocycles. The fourth-order valence-corrected chi connectivity index (χ4v) is 1.63. The number of imidazole rings is 1. The molecule has 0 atom stereocenters. The number of hydrogen-bond donors (Lipinski definition) is 1. The van der Waals surface area contributed by atoms with Crippen LogP contribution in [0.2, 0.25) is 0 Å². The van der Waals surface area contributed by atoms with Crippen molar-refractivity contribution in [3.05, 3.63) is 48.0 Å². The first-order valence-corrected chi connectivity index (χ1v) is 5.06. The molecule has 0 aliphatic rings. The van der Waals surface area contributed by atoms with E-state index in [1.54, 1.807) is 19.6 Å². The van der Waals surface area contributed by atoms with E-state index in [0.717, 1.165) is 16.9 Å². The fourth-order valence-electron chi connectivity index (χ4n) is 1.63. The van der Waals surface area contributed by atoms with Crippen LogP contribution in [0.5, 0.6) is 5.75 Å². The van der Waals surface area contributed by atoms with E-state index < -0.39 is 0 Å². The molecule has 84 valence electrons. The Morgan fingerprint density at radius 1 is 1.44 bits per heavy atom. The summed E-state index contributed by atoms with van der Waals surface area (Å²) in [5.74, 6) is 0.825. The van der Waals surface area contributed by atoms with Crippen LogP contribution in [-0.2, 0) is 13.2 Å². The van der Waals surface area contributed by atoms with Gasteiger partial charge in [0.2, 0.25) is 0 Å². The molecule has 1 aromatic carbocycles. The summed E-state index contributed by atoms with van der Waals surface area (Å²) in [5.41, 5.74) is 1.92. The SMILES string of the molecule is COc1ccc(CO)cc1Cn1ccnc1. The lowest BCUT2D eigenvalue weighted by Crippen LogP contribution is -2.00. The van der Waals surface area contributed by atoms with Gasteiger partial charge in [-0.3, -0.25) is 0 Å². The minimum Gasteiger partial charge on any atom is -0.496 e. The van der Waals surface area contributed by atoms with E-state index >= 15 is 0 Å². The van der Waals surface area contributed by atoms with Gasteiger partial charge in [-0.2, -0.15) is 0 Å². The smallest absolute Gasteiger partial charge is 0.123 e. The van der Waals surface area contributed by atoms with Gasteiger partial charge in [-0.15, -0.1) is 0 Å². The number of rotatable bonds is 4. The highest BCUT2D eigenvalue weighted by atomic mass is 16.5. The number of nitrogens with zero attached hydrogens (tertiary/aromatic N) is 2. The first kappa shape index (κ1) is 10.7. The van der Waals surface area contributed by atoms with Crippen molar-refractivity contribution in [3.8, 4) is 5.75 Å². The summed E-state index contributed by atoms with van der Waals surface area (Å²) in [5, 5.41) is 9.09. The molecular weight excluding hydrogens is 204 g/mol. The molecule has 0 spiro atoms. The van der Waals surface area contributed by atoms with Crippen molar-refractivity contribution in [3.63, 3.8) is 0 Å². The number of methoxy groups -OCH3 is 1. The van der Waals surface area contributed by atoms with Crippen molar-refractivity contribution < 1.29 is 9.84 Å². The second-order valence-corrected chi connectivity index (χ2v) is 3.54. The monoisotopic (exact) mass is 218 g/mol. The Balaban J connectivity index is 2.30. The Bertz CT molecular complexity index is 452. The maximum atomic E-state index is 9.09. The maximum Gasteiger partial charge on any atom is 0.123 e. The number of benzene rings is 1. The third kappa shape index (κ3) is 2.23. The van der Waals surface area contributed by atoms with Crippen LogP contribution in [0.15, 0.2) is 36.9 Å². The molecule has 2 aromatic rings. The topological polar surface area (TPSA) is 47.3 Å². The predicted molar refractivity (Wildman–Crippen MR) is 60.2 cm³/mol. The van der Waals surface area contributed by atoms with Gasteiger partial charge < -0.3 is 14.4 Å². The minimum absolute atomic E-state index is 0.0426. The molecule has 2 rings (SSSR count). The first-order valence-electron chi connectivity index (χ1n) is 5.06. The number of aliphatic hydroxyl groups is 1. The second kappa shape index (κ2) is 4.81. The zero-order chi connectivity index (χ0) is 11.4. The van der Waals surface area contributed by atoms with E-state index in [1.807, 2.05) is 29.0 Å². The average molecular weight is 218 g/mol. The summed E-state index contributed by atoms with van der Waals surface area (Å²) in [6.45, 7) is 0.734. The normalized spacial score (nSPS) is 10.4. The largest absolute Gasteiger partial charge is 0.496 e. The minimum atomic E-state index is 0.0426. The van der Waals surface area contributed by atoms with E-state index in [9.17, 15) is 0 Å². The summed E-state index contributed by atoms with van der Waals surface area (Å²) in [6.07, 6.45) is 5.39. The molecule has 1 aromatic heterocycles. The van der Waals surface area contributed by atoms with Crippen LogP contribution in [-0.4, -0.2) is 21.8 Å². The molecule has 1 heterocycles. The third-order valence-corrected chi connectivity index (χ3v) is 2.44. The van der Waals surface area contributed by atoms with Gasteiger partial charge in [0.05, 0.1) is 26.6 Å². The Hall–Kier alpha value is -1.81. The van der Waals surface area contributed by atoms with Gasteiger partial charge in [0, 0.05) is 18.0 Å². The van der Waals surface area contributed by atoms with Crippen molar-refractivity contribution in [2.75, 3.05) is 7.11 Å². The molecule has 4 nitrogen and oxygen atoms in total. The van der Waals surface area contributed by atoms with Crippen LogP contribution in [0, 0.1) is 0 Å². The molecular formula is C12H14N2O2. The summed E-state index contributed by atoms with van der Waals surface area (Å²) < 4.78 is 7.24. The second-order valence-electron chi connectivity index (χ2n) is 3.54. The molecule has 1 N–H and O–H groups in total. The van der Waals surface area contributed by atoms with Crippen LogP contribution in [0.4, 0.5) is 0 Å². The van der Waals surface area contributed by atoms with Gasteiger partial charge in [-0.1, -0.05) is 6.07 Å². The lowest BCUT2D eigenvalue weighted by molar-refractivity contribution is 0.281. The van der Waals surface area contributed by atoms with Crippen LogP contribution < -0.4 is 4.74 Å². The van der Waals surface area contributed by atoms with Gasteiger partial charge in [-0.25, -0.2) is 4.98 Å². The lowest BCUT2D eigenvalue weighted by atomic mass is 10.1. The van der Waals surface area contributed by atoms with Crippen LogP contribution in [0.1, 0.15) is 11.1 Å². The summed E-state index contributed by atoms with van der Waals surface area (Å²) in [6, 6.07) is 5.67. The van der Waals surface area contributed by atoms with Gasteiger partial charge in [0.25, 0.3) is 0 Å². The highest BCUT2D eigenvalue weighted by molar-refractivity contribution is 5.37. The number of aliphatic hydroxyl groups excluding tert-OH is 1. The number of aromatic nitrogens is 2. The molecule has 0 fully saturated rings. The van der Waals surface area contributed by atoms with Crippen molar-refractivity contribution in [1.82, 2.24) is 9.55 Å². The van der Waals surface area contributed by atoms with Gasteiger partial charge in [0.15, 0.2) is 0 Å². The summed E-state index contributed by atoms with van der Waals surface area (Å²) >= 11 is 0. The van der Waals surface area contributed by atoms with E-state index in [4.69, 9.17) is 9.84 Å². The Morgan fingerprint density at radius 3 is 2.94 bits per heavy atom. The highest BCUT2D eigenvalue weighted by Crippen LogP contribution is 2.20. The Kier molecular flexibility index (Phi) is 3.22. The van der Waals surface area contributed by atoms with Crippen LogP contribution >= 0.6 is 0 Å². The predicted octanol–water partition coefficient (Wildman–Crippen LogP) is 1.43. The van der Waals surface area contributed by atoms with Crippen molar-refractivity contribution >= 4 is 0 Å². The van der Waals surface area contributed by atoms with E-state index in [0.29, 0.717) is 6.54 Å². The molecule has 0 aliphatic heterocycles. The summed E-state index contributed by atoms with van der Waals surface area (Å²) in [4.78, 5) is 3.99. The van der Waals surface area contributed by atoms with Crippen LogP contribution in [0.3, 0.4) is 0 Å². The molecule has 0 unspecified atom stereocenters. The number of hydrogen-bond acceptors (Lipinski definition) is 3. The maximum absolute atomic E-state index is 9.09. The van der Waals surface area contributed by atoms with Gasteiger partial charge >= 0.3 is 0 Å². The molecule has 0 saturated carbocycles. The zero-order valence-electron chi connectivity index (χ0n) is 9.13. The standard InChI is InChI=1S/C12H14N2O2/c1-16-12-3-2-10(8-15)6-11(12)7-14-5-4-13-9-14/h2-6,9,15H,7-8H2,1H3. The van der Waals surface area contributed by atoms with Crippen molar-refractivity contribution in [2.24, 2.45) is 0 Å². The molecule has 0 bridgehead atoms. The Labute approximate surface area is 94.1 Å². The fraction of sp³-hybridized carbons (Fsp3) is 0.250.